The van der Waals surface area contributed by atoms with Crippen molar-refractivity contribution in [1.29, 1.82) is 0 Å². The number of aromatic nitrogens is 3. The molecular formula is C15H20F3N5O2S. The van der Waals surface area contributed by atoms with Crippen LogP contribution in [0.5, 0.6) is 0 Å². The molecular weight excluding hydrogens is 371 g/mol. The molecule has 0 unspecified atom stereocenters. The van der Waals surface area contributed by atoms with Crippen LogP contribution in [0.25, 0.3) is 0 Å². The van der Waals surface area contributed by atoms with Gasteiger partial charge in [-0.2, -0.15) is 13.2 Å². The molecule has 144 valence electrons. The molecule has 26 heavy (non-hydrogen) atoms. The number of nitrogens with two attached hydrogens (primary N) is 1. The van der Waals surface area contributed by atoms with Crippen molar-refractivity contribution in [1.82, 2.24) is 19.8 Å². The zero-order chi connectivity index (χ0) is 19.5. The summed E-state index contributed by atoms with van der Waals surface area (Å²) in [6.45, 7) is 4.06. The molecule has 0 bridgehead atoms. The molecule has 0 atom stereocenters. The minimum Gasteiger partial charge on any atom is -0.467 e. The Hall–Kier alpha value is -2.17. The van der Waals surface area contributed by atoms with E-state index in [0.29, 0.717) is 10.7 Å². The third kappa shape index (κ3) is 5.41. The van der Waals surface area contributed by atoms with Gasteiger partial charge in [0.15, 0.2) is 5.82 Å². The van der Waals surface area contributed by atoms with Crippen molar-refractivity contribution in [3.8, 4) is 0 Å². The van der Waals surface area contributed by atoms with Crippen molar-refractivity contribution < 1.29 is 22.4 Å². The molecule has 0 fully saturated rings. The molecule has 2 aromatic heterocycles. The third-order valence-electron chi connectivity index (χ3n) is 3.31. The highest BCUT2D eigenvalue weighted by Gasteiger charge is 2.33. The third-order valence-corrected chi connectivity index (χ3v) is 4.24. The molecule has 0 aliphatic heterocycles. The SMILES string of the molecule is CC(C)(C)c1nnc(SCC(=O)N(Cc2ccco2)CC(F)(F)F)n1N. The Morgan fingerprint density at radius 2 is 2.04 bits per heavy atom. The Labute approximate surface area is 152 Å². The molecule has 0 aliphatic rings. The van der Waals surface area contributed by atoms with Gasteiger partial charge in [-0.3, -0.25) is 4.79 Å². The second-order valence-electron chi connectivity index (χ2n) is 6.66. The van der Waals surface area contributed by atoms with Crippen LogP contribution in [-0.2, 0) is 16.8 Å². The summed E-state index contributed by atoms with van der Waals surface area (Å²) in [5.74, 6) is 5.73. The zero-order valence-electron chi connectivity index (χ0n) is 14.6. The summed E-state index contributed by atoms with van der Waals surface area (Å²) in [4.78, 5) is 13.0. The Morgan fingerprint density at radius 3 is 2.54 bits per heavy atom. The van der Waals surface area contributed by atoms with E-state index < -0.39 is 18.6 Å². The molecule has 11 heteroatoms. The summed E-state index contributed by atoms with van der Waals surface area (Å²) in [7, 11) is 0. The number of furan rings is 1. The summed E-state index contributed by atoms with van der Waals surface area (Å²) in [6, 6.07) is 3.06. The van der Waals surface area contributed by atoms with E-state index in [4.69, 9.17) is 10.3 Å². The number of nitrogen functional groups attached to an aromatic ring is 1. The summed E-state index contributed by atoms with van der Waals surface area (Å²) in [5, 5.41) is 8.14. The van der Waals surface area contributed by atoms with E-state index >= 15 is 0 Å². The number of carbonyl (C=O) groups excluding carboxylic acids is 1. The number of hydrogen-bond donors (Lipinski definition) is 1. The quantitative estimate of drug-likeness (QED) is 0.601. The van der Waals surface area contributed by atoms with Crippen LogP contribution in [0.3, 0.4) is 0 Å². The fraction of sp³-hybridized carbons (Fsp3) is 0.533. The molecule has 2 aromatic rings. The number of alkyl halides is 3. The fourth-order valence-corrected chi connectivity index (χ4v) is 2.90. The van der Waals surface area contributed by atoms with Crippen LogP contribution in [0.1, 0.15) is 32.4 Å². The number of halogens is 3. The van der Waals surface area contributed by atoms with E-state index in [1.807, 2.05) is 20.8 Å². The van der Waals surface area contributed by atoms with Crippen LogP contribution in [0.4, 0.5) is 13.2 Å². The van der Waals surface area contributed by atoms with E-state index in [-0.39, 0.29) is 28.6 Å². The lowest BCUT2D eigenvalue weighted by Crippen LogP contribution is -2.39. The molecule has 0 spiro atoms. The molecule has 2 heterocycles. The summed E-state index contributed by atoms with van der Waals surface area (Å²) < 4.78 is 44.6. The van der Waals surface area contributed by atoms with E-state index in [1.54, 1.807) is 6.07 Å². The summed E-state index contributed by atoms with van der Waals surface area (Å²) in [6.07, 6.45) is -3.18. The first kappa shape index (κ1) is 20.1. The highest BCUT2D eigenvalue weighted by molar-refractivity contribution is 7.99. The predicted octanol–water partition coefficient (Wildman–Crippen LogP) is 2.57. The number of amides is 1. The van der Waals surface area contributed by atoms with Gasteiger partial charge < -0.3 is 15.2 Å². The predicted molar refractivity (Wildman–Crippen MR) is 89.8 cm³/mol. The Morgan fingerprint density at radius 1 is 1.35 bits per heavy atom. The van der Waals surface area contributed by atoms with Crippen LogP contribution in [-0.4, -0.2) is 44.2 Å². The van der Waals surface area contributed by atoms with E-state index in [2.05, 4.69) is 10.2 Å². The Bertz CT molecular complexity index is 738. The Balaban J connectivity index is 2.06. The number of carbonyl (C=O) groups is 1. The fourth-order valence-electron chi connectivity index (χ4n) is 2.14. The zero-order valence-corrected chi connectivity index (χ0v) is 15.4. The first-order chi connectivity index (χ1) is 12.0. The number of hydrogen-bond acceptors (Lipinski definition) is 6. The second-order valence-corrected chi connectivity index (χ2v) is 7.60. The van der Waals surface area contributed by atoms with Gasteiger partial charge in [0, 0.05) is 5.41 Å². The molecule has 0 aliphatic carbocycles. The summed E-state index contributed by atoms with van der Waals surface area (Å²) >= 11 is 0.934. The van der Waals surface area contributed by atoms with Crippen molar-refractivity contribution in [3.05, 3.63) is 30.0 Å². The lowest BCUT2D eigenvalue weighted by Gasteiger charge is -2.22. The van der Waals surface area contributed by atoms with Crippen LogP contribution in [0.15, 0.2) is 28.0 Å². The van der Waals surface area contributed by atoms with E-state index in [0.717, 1.165) is 11.8 Å². The lowest BCUT2D eigenvalue weighted by molar-refractivity contribution is -0.161. The van der Waals surface area contributed by atoms with Gasteiger partial charge in [0.05, 0.1) is 18.6 Å². The van der Waals surface area contributed by atoms with Gasteiger partial charge in [-0.1, -0.05) is 32.5 Å². The first-order valence-electron chi connectivity index (χ1n) is 7.68. The monoisotopic (exact) mass is 391 g/mol. The average Bonchev–Trinajstić information content (AvgIpc) is 3.11. The van der Waals surface area contributed by atoms with Crippen molar-refractivity contribution in [2.24, 2.45) is 0 Å². The van der Waals surface area contributed by atoms with Gasteiger partial charge in [0.1, 0.15) is 12.3 Å². The second kappa shape index (κ2) is 7.60. The number of rotatable bonds is 6. The van der Waals surface area contributed by atoms with Crippen LogP contribution < -0.4 is 5.84 Å². The van der Waals surface area contributed by atoms with Crippen LogP contribution >= 0.6 is 11.8 Å². The molecule has 0 saturated heterocycles. The summed E-state index contributed by atoms with van der Waals surface area (Å²) in [5.41, 5.74) is -0.355. The average molecular weight is 391 g/mol. The van der Waals surface area contributed by atoms with Crippen molar-refractivity contribution in [2.75, 3.05) is 18.1 Å². The molecule has 7 nitrogen and oxygen atoms in total. The van der Waals surface area contributed by atoms with Gasteiger partial charge in [-0.05, 0) is 12.1 Å². The highest BCUT2D eigenvalue weighted by Crippen LogP contribution is 2.24. The van der Waals surface area contributed by atoms with Gasteiger partial charge in [0.2, 0.25) is 11.1 Å². The largest absolute Gasteiger partial charge is 0.467 e. The Kier molecular flexibility index (Phi) is 5.89. The molecule has 1 amide bonds. The van der Waals surface area contributed by atoms with Gasteiger partial charge in [-0.25, -0.2) is 4.68 Å². The van der Waals surface area contributed by atoms with E-state index in [1.165, 1.54) is 17.0 Å². The van der Waals surface area contributed by atoms with Gasteiger partial charge in [-0.15, -0.1) is 10.2 Å². The maximum Gasteiger partial charge on any atom is 0.406 e. The maximum atomic E-state index is 12.8. The molecule has 2 N–H and O–H groups in total. The molecule has 0 saturated carbocycles. The minimum atomic E-state index is -4.51. The van der Waals surface area contributed by atoms with Crippen LogP contribution in [0, 0.1) is 0 Å². The van der Waals surface area contributed by atoms with Crippen molar-refractivity contribution >= 4 is 17.7 Å². The standard InChI is InChI=1S/C15H20F3N5O2S/c1-14(2,3)12-20-21-13(23(12)19)26-8-11(24)22(9-15(16,17)18)7-10-5-4-6-25-10/h4-6H,7-9,19H2,1-3H3. The number of nitrogens with zero attached hydrogens (tertiary/aromatic N) is 4. The molecule has 2 rings (SSSR count). The molecule has 0 radical (unpaired) electrons. The normalized spacial score (nSPS) is 12.4. The lowest BCUT2D eigenvalue weighted by atomic mass is 9.96. The van der Waals surface area contributed by atoms with Crippen molar-refractivity contribution in [2.45, 2.75) is 44.1 Å². The number of thioether (sulfide) groups is 1. The first-order valence-corrected chi connectivity index (χ1v) is 8.66. The van der Waals surface area contributed by atoms with Gasteiger partial charge >= 0.3 is 6.18 Å². The van der Waals surface area contributed by atoms with E-state index in [9.17, 15) is 18.0 Å². The minimum absolute atomic E-state index is 0.254. The van der Waals surface area contributed by atoms with Crippen LogP contribution in [0.2, 0.25) is 0 Å². The van der Waals surface area contributed by atoms with Gasteiger partial charge in [0.25, 0.3) is 0 Å². The topological polar surface area (TPSA) is 90.2 Å². The molecule has 0 aromatic carbocycles. The van der Waals surface area contributed by atoms with Crippen molar-refractivity contribution in [3.63, 3.8) is 0 Å². The maximum absolute atomic E-state index is 12.8. The highest BCUT2D eigenvalue weighted by atomic mass is 32.2. The smallest absolute Gasteiger partial charge is 0.406 e.